The predicted octanol–water partition coefficient (Wildman–Crippen LogP) is 4.02. The van der Waals surface area contributed by atoms with Crippen molar-refractivity contribution in [1.29, 1.82) is 0 Å². The Morgan fingerprint density at radius 1 is 1.15 bits per heavy atom. The van der Waals surface area contributed by atoms with E-state index in [2.05, 4.69) is 10.1 Å². The molecule has 0 unspecified atom stereocenters. The number of rotatable bonds is 7. The van der Waals surface area contributed by atoms with Gasteiger partial charge in [0, 0.05) is 11.9 Å². The van der Waals surface area contributed by atoms with Crippen LogP contribution in [0.25, 0.3) is 11.0 Å². The first kappa shape index (κ1) is 17.7. The zero-order chi connectivity index (χ0) is 18.5. The number of furan rings is 1. The minimum Gasteiger partial charge on any atom is -0.493 e. The second kappa shape index (κ2) is 7.86. The molecule has 1 aromatic heterocycles. The number of ether oxygens (including phenoxy) is 2. The summed E-state index contributed by atoms with van der Waals surface area (Å²) in [5.41, 5.74) is 1.46. The Labute approximate surface area is 148 Å². The molecular weight excluding hydrogens is 344 g/mol. The number of carbonyl (C=O) groups is 1. The van der Waals surface area contributed by atoms with Gasteiger partial charge in [-0.15, -0.1) is 0 Å². The van der Waals surface area contributed by atoms with Crippen molar-refractivity contribution in [2.75, 3.05) is 13.7 Å². The molecule has 0 fully saturated rings. The van der Waals surface area contributed by atoms with Gasteiger partial charge in [-0.3, -0.25) is 4.79 Å². The molecule has 1 heterocycles. The molecule has 0 atom stereocenters. The van der Waals surface area contributed by atoms with Crippen molar-refractivity contribution in [2.24, 2.45) is 0 Å². The van der Waals surface area contributed by atoms with Gasteiger partial charge < -0.3 is 19.2 Å². The van der Waals surface area contributed by atoms with Gasteiger partial charge in [-0.1, -0.05) is 24.3 Å². The zero-order valence-corrected chi connectivity index (χ0v) is 14.0. The number of para-hydroxylation sites is 1. The lowest BCUT2D eigenvalue weighted by Crippen LogP contribution is -2.25. The summed E-state index contributed by atoms with van der Waals surface area (Å²) in [5, 5.41) is 3.63. The van der Waals surface area contributed by atoms with Crippen molar-refractivity contribution in [3.63, 3.8) is 0 Å². The van der Waals surface area contributed by atoms with E-state index in [0.29, 0.717) is 18.5 Å². The van der Waals surface area contributed by atoms with Gasteiger partial charge >= 0.3 is 6.61 Å². The largest absolute Gasteiger partial charge is 0.493 e. The van der Waals surface area contributed by atoms with Crippen molar-refractivity contribution in [2.45, 2.75) is 13.0 Å². The van der Waals surface area contributed by atoms with E-state index in [1.165, 1.54) is 13.2 Å². The van der Waals surface area contributed by atoms with Crippen LogP contribution in [0, 0.1) is 0 Å². The van der Waals surface area contributed by atoms with Crippen LogP contribution in [0.4, 0.5) is 8.78 Å². The minimum atomic E-state index is -2.92. The number of methoxy groups -OCH3 is 1. The van der Waals surface area contributed by atoms with Gasteiger partial charge in [0.15, 0.2) is 17.3 Å². The molecule has 3 rings (SSSR count). The maximum absolute atomic E-state index is 12.3. The fourth-order valence-electron chi connectivity index (χ4n) is 2.56. The van der Waals surface area contributed by atoms with Gasteiger partial charge in [0.1, 0.15) is 5.58 Å². The molecule has 0 saturated carbocycles. The standard InChI is InChI=1S/C19H17F2NO4/c1-24-16-10-12(6-7-15(16)26-19(20)21)8-9-22-18(23)17-11-13-4-2-3-5-14(13)25-17/h2-7,10-11,19H,8-9H2,1H3,(H,22,23). The average Bonchev–Trinajstić information content (AvgIpc) is 3.06. The number of fused-ring (bicyclic) bond motifs is 1. The van der Waals surface area contributed by atoms with E-state index in [1.54, 1.807) is 24.3 Å². The molecule has 0 aliphatic heterocycles. The van der Waals surface area contributed by atoms with Crippen molar-refractivity contribution in [1.82, 2.24) is 5.32 Å². The summed E-state index contributed by atoms with van der Waals surface area (Å²) in [6.45, 7) is -2.56. The molecule has 26 heavy (non-hydrogen) atoms. The van der Waals surface area contributed by atoms with Gasteiger partial charge in [-0.05, 0) is 36.2 Å². The Bertz CT molecular complexity index is 874. The lowest BCUT2D eigenvalue weighted by atomic mass is 10.1. The fraction of sp³-hybridized carbons (Fsp3) is 0.211. The number of carbonyl (C=O) groups excluding carboxylic acids is 1. The van der Waals surface area contributed by atoms with Crippen molar-refractivity contribution < 1.29 is 27.5 Å². The monoisotopic (exact) mass is 361 g/mol. The highest BCUT2D eigenvalue weighted by Crippen LogP contribution is 2.29. The topological polar surface area (TPSA) is 60.7 Å². The first-order valence-electron chi connectivity index (χ1n) is 7.95. The molecule has 5 nitrogen and oxygen atoms in total. The highest BCUT2D eigenvalue weighted by Gasteiger charge is 2.13. The second-order valence-corrected chi connectivity index (χ2v) is 5.52. The van der Waals surface area contributed by atoms with Crippen LogP contribution in [0.5, 0.6) is 11.5 Å². The van der Waals surface area contributed by atoms with Crippen LogP contribution in [0.3, 0.4) is 0 Å². The third-order valence-electron chi connectivity index (χ3n) is 3.79. The molecule has 1 N–H and O–H groups in total. The van der Waals surface area contributed by atoms with E-state index in [4.69, 9.17) is 9.15 Å². The van der Waals surface area contributed by atoms with Crippen LogP contribution in [0.2, 0.25) is 0 Å². The second-order valence-electron chi connectivity index (χ2n) is 5.52. The normalized spacial score (nSPS) is 10.9. The summed E-state index contributed by atoms with van der Waals surface area (Å²) in [7, 11) is 1.38. The summed E-state index contributed by atoms with van der Waals surface area (Å²) in [4.78, 5) is 12.2. The molecule has 0 aliphatic carbocycles. The van der Waals surface area contributed by atoms with Crippen LogP contribution in [0.15, 0.2) is 52.9 Å². The molecule has 0 aliphatic rings. The lowest BCUT2D eigenvalue weighted by molar-refractivity contribution is -0.0512. The molecule has 0 spiro atoms. The smallest absolute Gasteiger partial charge is 0.387 e. The van der Waals surface area contributed by atoms with Crippen LogP contribution in [-0.4, -0.2) is 26.2 Å². The van der Waals surface area contributed by atoms with E-state index in [9.17, 15) is 13.6 Å². The van der Waals surface area contributed by atoms with Crippen molar-refractivity contribution in [3.05, 3.63) is 59.9 Å². The average molecular weight is 361 g/mol. The van der Waals surface area contributed by atoms with E-state index in [0.717, 1.165) is 10.9 Å². The number of nitrogens with one attached hydrogen (secondary N) is 1. The van der Waals surface area contributed by atoms with E-state index < -0.39 is 6.61 Å². The van der Waals surface area contributed by atoms with Gasteiger partial charge in [-0.2, -0.15) is 8.78 Å². The number of hydrogen-bond donors (Lipinski definition) is 1. The van der Waals surface area contributed by atoms with Crippen molar-refractivity contribution >= 4 is 16.9 Å². The molecule has 0 bridgehead atoms. The highest BCUT2D eigenvalue weighted by molar-refractivity contribution is 5.96. The van der Waals surface area contributed by atoms with Gasteiger partial charge in [-0.25, -0.2) is 0 Å². The maximum atomic E-state index is 12.3. The summed E-state index contributed by atoms with van der Waals surface area (Å²) in [6.07, 6.45) is 0.497. The third kappa shape index (κ3) is 4.11. The maximum Gasteiger partial charge on any atom is 0.387 e. The van der Waals surface area contributed by atoms with Crippen LogP contribution in [0.1, 0.15) is 16.1 Å². The van der Waals surface area contributed by atoms with Gasteiger partial charge in [0.25, 0.3) is 5.91 Å². The first-order chi connectivity index (χ1) is 12.6. The molecule has 0 saturated heterocycles. The number of hydrogen-bond acceptors (Lipinski definition) is 4. The fourth-order valence-corrected chi connectivity index (χ4v) is 2.56. The zero-order valence-electron chi connectivity index (χ0n) is 14.0. The summed E-state index contributed by atoms with van der Waals surface area (Å²) in [5.74, 6) is 0.110. The highest BCUT2D eigenvalue weighted by atomic mass is 19.3. The number of halogens is 2. The lowest BCUT2D eigenvalue weighted by Gasteiger charge is -2.11. The molecule has 1 amide bonds. The molecule has 136 valence electrons. The number of alkyl halides is 2. The van der Waals surface area contributed by atoms with Crippen LogP contribution < -0.4 is 14.8 Å². The Balaban J connectivity index is 1.59. The predicted molar refractivity (Wildman–Crippen MR) is 91.9 cm³/mol. The quantitative estimate of drug-likeness (QED) is 0.691. The summed E-state index contributed by atoms with van der Waals surface area (Å²) < 4.78 is 39.6. The van der Waals surface area contributed by atoms with E-state index in [-0.39, 0.29) is 23.2 Å². The molecule has 0 radical (unpaired) electrons. The van der Waals surface area contributed by atoms with Crippen LogP contribution in [-0.2, 0) is 6.42 Å². The number of amides is 1. The Morgan fingerprint density at radius 2 is 1.96 bits per heavy atom. The van der Waals surface area contributed by atoms with Gasteiger partial charge in [0.05, 0.1) is 7.11 Å². The molecular formula is C19H17F2NO4. The Hall–Kier alpha value is -3.09. The number of benzene rings is 2. The SMILES string of the molecule is COc1cc(CCNC(=O)c2cc3ccccc3o2)ccc1OC(F)F. The van der Waals surface area contributed by atoms with Crippen LogP contribution >= 0.6 is 0 Å². The van der Waals surface area contributed by atoms with Gasteiger partial charge in [0.2, 0.25) is 0 Å². The van der Waals surface area contributed by atoms with E-state index >= 15 is 0 Å². The summed E-state index contributed by atoms with van der Waals surface area (Å²) >= 11 is 0. The Kier molecular flexibility index (Phi) is 5.36. The summed E-state index contributed by atoms with van der Waals surface area (Å²) in [6, 6.07) is 13.7. The molecule has 2 aromatic carbocycles. The molecule has 7 heteroatoms. The Morgan fingerprint density at radius 3 is 2.69 bits per heavy atom. The third-order valence-corrected chi connectivity index (χ3v) is 3.79. The molecule has 3 aromatic rings. The first-order valence-corrected chi connectivity index (χ1v) is 7.95. The van der Waals surface area contributed by atoms with Crippen molar-refractivity contribution in [3.8, 4) is 11.5 Å². The van der Waals surface area contributed by atoms with E-state index in [1.807, 2.05) is 18.2 Å². The minimum absolute atomic E-state index is 0.0300.